The minimum absolute atomic E-state index is 0.0618. The van der Waals surface area contributed by atoms with Crippen LogP contribution in [0.2, 0.25) is 0 Å². The fraction of sp³-hybridized carbons (Fsp3) is 0.545. The molecule has 0 spiro atoms. The van der Waals surface area contributed by atoms with Crippen LogP contribution in [-0.4, -0.2) is 58.0 Å². The molecule has 0 bridgehead atoms. The van der Waals surface area contributed by atoms with Gasteiger partial charge in [0.1, 0.15) is 17.6 Å². The average Bonchev–Trinajstić information content (AvgIpc) is 3.44. The van der Waals surface area contributed by atoms with Crippen LogP contribution in [0.15, 0.2) is 28.8 Å². The summed E-state index contributed by atoms with van der Waals surface area (Å²) < 4.78 is 24.0. The summed E-state index contributed by atoms with van der Waals surface area (Å²) in [4.78, 5) is 32.8. The maximum atomic E-state index is 13.1. The molecular weight excluding hydrogens is 403 g/mol. The highest BCUT2D eigenvalue weighted by Crippen LogP contribution is 2.34. The van der Waals surface area contributed by atoms with Crippen LogP contribution in [0.5, 0.6) is 5.75 Å². The molecule has 3 heterocycles. The summed E-state index contributed by atoms with van der Waals surface area (Å²) >= 11 is 0. The Morgan fingerprint density at radius 1 is 1.16 bits per heavy atom. The van der Waals surface area contributed by atoms with E-state index in [2.05, 4.69) is 10.1 Å². The Bertz CT molecular complexity index is 908. The Morgan fingerprint density at radius 3 is 2.61 bits per heavy atom. The van der Waals surface area contributed by atoms with Crippen LogP contribution in [-0.2, 0) is 16.0 Å². The molecule has 31 heavy (non-hydrogen) atoms. The van der Waals surface area contributed by atoms with Gasteiger partial charge in [0.25, 0.3) is 0 Å². The molecule has 2 aliphatic heterocycles. The first kappa shape index (κ1) is 21.3. The molecule has 1 aromatic carbocycles. The smallest absolute Gasteiger partial charge is 0.249 e. The fourth-order valence-electron chi connectivity index (χ4n) is 4.26. The Balaban J connectivity index is 1.31. The zero-order valence-electron chi connectivity index (χ0n) is 17.6. The highest BCUT2D eigenvalue weighted by atomic mass is 19.1. The topological polar surface area (TPSA) is 88.8 Å². The molecule has 0 N–H and O–H groups in total. The first-order chi connectivity index (χ1) is 15.0. The van der Waals surface area contributed by atoms with Crippen molar-refractivity contribution >= 4 is 11.8 Å². The van der Waals surface area contributed by atoms with Crippen molar-refractivity contribution in [3.63, 3.8) is 0 Å². The number of carbonyl (C=O) groups excluding carboxylic acids is 2. The van der Waals surface area contributed by atoms with Gasteiger partial charge in [-0.05, 0) is 49.9 Å². The van der Waals surface area contributed by atoms with Gasteiger partial charge in [-0.2, -0.15) is 4.98 Å². The van der Waals surface area contributed by atoms with E-state index in [0.717, 1.165) is 12.8 Å². The Labute approximate surface area is 180 Å². The summed E-state index contributed by atoms with van der Waals surface area (Å²) in [6.45, 7) is 3.84. The van der Waals surface area contributed by atoms with E-state index in [4.69, 9.17) is 9.26 Å². The van der Waals surface area contributed by atoms with E-state index < -0.39 is 0 Å². The molecule has 0 saturated carbocycles. The number of amides is 2. The molecule has 0 aliphatic carbocycles. The highest BCUT2D eigenvalue weighted by molar-refractivity contribution is 5.80. The molecule has 9 heteroatoms. The number of hydrogen-bond donors (Lipinski definition) is 0. The quantitative estimate of drug-likeness (QED) is 0.700. The van der Waals surface area contributed by atoms with Gasteiger partial charge in [0.05, 0.1) is 6.61 Å². The van der Waals surface area contributed by atoms with Gasteiger partial charge in [-0.15, -0.1) is 0 Å². The second-order valence-electron chi connectivity index (χ2n) is 8.07. The molecule has 2 aromatic rings. The number of aromatic nitrogens is 2. The predicted molar refractivity (Wildman–Crippen MR) is 109 cm³/mol. The van der Waals surface area contributed by atoms with Crippen molar-refractivity contribution in [3.8, 4) is 5.75 Å². The molecule has 0 radical (unpaired) electrons. The zero-order chi connectivity index (χ0) is 21.8. The van der Waals surface area contributed by atoms with Crippen molar-refractivity contribution in [2.24, 2.45) is 5.92 Å². The first-order valence-electron chi connectivity index (χ1n) is 10.8. The number of carbonyl (C=O) groups is 2. The number of halogens is 1. The zero-order valence-corrected chi connectivity index (χ0v) is 17.6. The lowest BCUT2D eigenvalue weighted by Gasteiger charge is -2.33. The van der Waals surface area contributed by atoms with Gasteiger partial charge < -0.3 is 19.1 Å². The molecule has 2 fully saturated rings. The van der Waals surface area contributed by atoms with E-state index in [0.29, 0.717) is 63.0 Å². The van der Waals surface area contributed by atoms with Crippen molar-refractivity contribution in [1.29, 1.82) is 0 Å². The molecular formula is C22H27FN4O4. The van der Waals surface area contributed by atoms with Crippen molar-refractivity contribution in [1.82, 2.24) is 19.9 Å². The molecule has 1 aromatic heterocycles. The summed E-state index contributed by atoms with van der Waals surface area (Å²) in [6, 6.07) is 5.63. The predicted octanol–water partition coefficient (Wildman–Crippen LogP) is 2.75. The number of likely N-dealkylation sites (tertiary alicyclic amines) is 2. The van der Waals surface area contributed by atoms with E-state index in [9.17, 15) is 14.0 Å². The monoisotopic (exact) mass is 430 g/mol. The van der Waals surface area contributed by atoms with E-state index in [-0.39, 0.29) is 29.6 Å². The molecule has 2 saturated heterocycles. The van der Waals surface area contributed by atoms with Gasteiger partial charge in [-0.1, -0.05) is 5.16 Å². The lowest BCUT2D eigenvalue weighted by atomic mass is 9.95. The third-order valence-electron chi connectivity index (χ3n) is 6.00. The van der Waals surface area contributed by atoms with Crippen molar-refractivity contribution in [2.75, 3.05) is 26.2 Å². The minimum Gasteiger partial charge on any atom is -0.493 e. The molecule has 166 valence electrons. The average molecular weight is 430 g/mol. The summed E-state index contributed by atoms with van der Waals surface area (Å²) in [5.74, 6) is 1.36. The normalized spacial score (nSPS) is 19.6. The summed E-state index contributed by atoms with van der Waals surface area (Å²) in [7, 11) is 0. The maximum absolute atomic E-state index is 13.1. The van der Waals surface area contributed by atoms with Crippen LogP contribution >= 0.6 is 0 Å². The molecule has 2 aliphatic rings. The van der Waals surface area contributed by atoms with Gasteiger partial charge in [-0.25, -0.2) is 4.39 Å². The van der Waals surface area contributed by atoms with Crippen LogP contribution in [0.3, 0.4) is 0 Å². The number of rotatable bonds is 6. The first-order valence-corrected chi connectivity index (χ1v) is 10.8. The lowest BCUT2D eigenvalue weighted by molar-refractivity contribution is -0.141. The Kier molecular flexibility index (Phi) is 6.48. The number of hydrogen-bond acceptors (Lipinski definition) is 6. The standard InChI is InChI=1S/C22H27FN4O4/c1-15(28)26-12-8-16(9-13-26)22(29)27-11-2-3-19(27)21-24-20(25-31-21)10-14-30-18-6-4-17(23)5-7-18/h4-7,16,19H,2-3,8-14H2,1H3. The van der Waals surface area contributed by atoms with Crippen LogP contribution < -0.4 is 4.74 Å². The van der Waals surface area contributed by atoms with Gasteiger partial charge in [-0.3, -0.25) is 9.59 Å². The van der Waals surface area contributed by atoms with Gasteiger partial charge in [0, 0.05) is 38.9 Å². The van der Waals surface area contributed by atoms with Gasteiger partial charge >= 0.3 is 0 Å². The summed E-state index contributed by atoms with van der Waals surface area (Å²) in [6.07, 6.45) is 3.53. The van der Waals surface area contributed by atoms with Crippen LogP contribution in [0.4, 0.5) is 4.39 Å². The second kappa shape index (κ2) is 9.45. The number of benzene rings is 1. The SMILES string of the molecule is CC(=O)N1CCC(C(=O)N2CCCC2c2nc(CCOc3ccc(F)cc3)no2)CC1. The van der Waals surface area contributed by atoms with E-state index in [1.165, 1.54) is 12.1 Å². The Morgan fingerprint density at radius 2 is 1.90 bits per heavy atom. The van der Waals surface area contributed by atoms with Crippen LogP contribution in [0.25, 0.3) is 0 Å². The van der Waals surface area contributed by atoms with Gasteiger partial charge in [0.2, 0.25) is 17.7 Å². The van der Waals surface area contributed by atoms with E-state index in [1.54, 1.807) is 24.0 Å². The molecule has 1 unspecified atom stereocenters. The number of nitrogens with zero attached hydrogens (tertiary/aromatic N) is 4. The fourth-order valence-corrected chi connectivity index (χ4v) is 4.26. The van der Waals surface area contributed by atoms with Crippen LogP contribution in [0.1, 0.15) is 50.4 Å². The second-order valence-corrected chi connectivity index (χ2v) is 8.07. The highest BCUT2D eigenvalue weighted by Gasteiger charge is 2.38. The van der Waals surface area contributed by atoms with Crippen molar-refractivity contribution in [3.05, 3.63) is 41.8 Å². The molecule has 4 rings (SSSR count). The largest absolute Gasteiger partial charge is 0.493 e. The lowest BCUT2D eigenvalue weighted by Crippen LogP contribution is -2.43. The third kappa shape index (κ3) is 5.03. The van der Waals surface area contributed by atoms with Crippen LogP contribution in [0, 0.1) is 11.7 Å². The Hall–Kier alpha value is -2.97. The summed E-state index contributed by atoms with van der Waals surface area (Å²) in [5.41, 5.74) is 0. The summed E-state index contributed by atoms with van der Waals surface area (Å²) in [5, 5.41) is 4.03. The number of piperidine rings is 1. The number of ether oxygens (including phenoxy) is 1. The van der Waals surface area contributed by atoms with Crippen molar-refractivity contribution < 1.29 is 23.2 Å². The third-order valence-corrected chi connectivity index (χ3v) is 6.00. The molecule has 2 amide bonds. The molecule has 8 nitrogen and oxygen atoms in total. The van der Waals surface area contributed by atoms with E-state index >= 15 is 0 Å². The minimum atomic E-state index is -0.310. The molecule has 1 atom stereocenters. The van der Waals surface area contributed by atoms with E-state index in [1.807, 2.05) is 4.90 Å². The van der Waals surface area contributed by atoms with Crippen molar-refractivity contribution in [2.45, 2.75) is 45.1 Å². The van der Waals surface area contributed by atoms with Gasteiger partial charge in [0.15, 0.2) is 5.82 Å². The maximum Gasteiger partial charge on any atom is 0.249 e.